The fourth-order valence-electron chi connectivity index (χ4n) is 1.93. The fraction of sp³-hybridized carbons (Fsp3) is 0.250. The zero-order valence-corrected chi connectivity index (χ0v) is 11.7. The number of thioether (sulfide) groups is 1. The minimum atomic E-state index is 0.467. The molecule has 1 atom stereocenters. The summed E-state index contributed by atoms with van der Waals surface area (Å²) in [6.45, 7) is 4.37. The van der Waals surface area contributed by atoms with E-state index in [-0.39, 0.29) is 0 Å². The van der Waals surface area contributed by atoms with Crippen LogP contribution in [0, 0.1) is 6.92 Å². The van der Waals surface area contributed by atoms with Crippen molar-refractivity contribution >= 4 is 17.4 Å². The monoisotopic (exact) mass is 257 g/mol. The first kappa shape index (κ1) is 13.0. The molecule has 0 amide bonds. The number of rotatable bonds is 4. The molecule has 0 radical (unpaired) electrons. The van der Waals surface area contributed by atoms with Crippen molar-refractivity contribution in [2.75, 3.05) is 5.73 Å². The molecular weight excluding hydrogens is 238 g/mol. The summed E-state index contributed by atoms with van der Waals surface area (Å²) in [5.41, 5.74) is 10.7. The molecule has 2 heteroatoms. The second kappa shape index (κ2) is 5.96. The molecule has 2 rings (SSSR count). The number of anilines is 1. The summed E-state index contributed by atoms with van der Waals surface area (Å²) in [5, 5.41) is 0.467. The SMILES string of the molecule is Cc1cccc(CSC(C)c2cccc(N)c2)c1. The zero-order valence-electron chi connectivity index (χ0n) is 10.9. The minimum Gasteiger partial charge on any atom is -0.399 e. The van der Waals surface area contributed by atoms with E-state index in [9.17, 15) is 0 Å². The first-order chi connectivity index (χ1) is 8.65. The van der Waals surface area contributed by atoms with Gasteiger partial charge in [-0.15, -0.1) is 11.8 Å². The number of hydrogen-bond donors (Lipinski definition) is 1. The molecule has 0 aliphatic rings. The van der Waals surface area contributed by atoms with Gasteiger partial charge in [0.05, 0.1) is 0 Å². The average molecular weight is 257 g/mol. The Morgan fingerprint density at radius 3 is 2.61 bits per heavy atom. The maximum atomic E-state index is 5.81. The molecular formula is C16H19NS. The number of nitrogen functional groups attached to an aromatic ring is 1. The Hall–Kier alpha value is -1.41. The highest BCUT2D eigenvalue weighted by atomic mass is 32.2. The van der Waals surface area contributed by atoms with E-state index in [1.807, 2.05) is 23.9 Å². The van der Waals surface area contributed by atoms with Crippen molar-refractivity contribution in [3.05, 3.63) is 65.2 Å². The van der Waals surface area contributed by atoms with Gasteiger partial charge >= 0.3 is 0 Å². The van der Waals surface area contributed by atoms with E-state index < -0.39 is 0 Å². The molecule has 0 bridgehead atoms. The third-order valence-corrected chi connectivity index (χ3v) is 4.23. The van der Waals surface area contributed by atoms with Crippen LogP contribution >= 0.6 is 11.8 Å². The average Bonchev–Trinajstić information content (AvgIpc) is 2.36. The van der Waals surface area contributed by atoms with E-state index in [2.05, 4.69) is 50.2 Å². The molecule has 0 saturated carbocycles. The molecule has 2 aromatic carbocycles. The summed E-state index contributed by atoms with van der Waals surface area (Å²) in [5.74, 6) is 1.04. The second-order valence-electron chi connectivity index (χ2n) is 4.61. The van der Waals surface area contributed by atoms with E-state index in [1.54, 1.807) is 0 Å². The first-order valence-electron chi connectivity index (χ1n) is 6.18. The molecule has 2 N–H and O–H groups in total. The van der Waals surface area contributed by atoms with Gasteiger partial charge in [-0.1, -0.05) is 42.0 Å². The van der Waals surface area contributed by atoms with Crippen molar-refractivity contribution in [3.8, 4) is 0 Å². The number of hydrogen-bond acceptors (Lipinski definition) is 2. The van der Waals surface area contributed by atoms with E-state index in [0.717, 1.165) is 11.4 Å². The third-order valence-electron chi connectivity index (χ3n) is 2.96. The van der Waals surface area contributed by atoms with Crippen LogP contribution in [0.1, 0.15) is 28.9 Å². The molecule has 1 nitrogen and oxygen atoms in total. The Morgan fingerprint density at radius 1 is 1.11 bits per heavy atom. The van der Waals surface area contributed by atoms with Gasteiger partial charge in [-0.3, -0.25) is 0 Å². The summed E-state index contributed by atoms with van der Waals surface area (Å²) < 4.78 is 0. The van der Waals surface area contributed by atoms with Crippen LogP contribution in [0.2, 0.25) is 0 Å². The number of nitrogens with two attached hydrogens (primary N) is 1. The topological polar surface area (TPSA) is 26.0 Å². The highest BCUT2D eigenvalue weighted by molar-refractivity contribution is 7.98. The second-order valence-corrected chi connectivity index (χ2v) is 5.94. The van der Waals surface area contributed by atoms with Gasteiger partial charge in [0.1, 0.15) is 0 Å². The van der Waals surface area contributed by atoms with Gasteiger partial charge in [0.2, 0.25) is 0 Å². The molecule has 0 aromatic heterocycles. The fourth-order valence-corrected chi connectivity index (χ4v) is 2.89. The van der Waals surface area contributed by atoms with Gasteiger partial charge in [-0.2, -0.15) is 0 Å². The van der Waals surface area contributed by atoms with Crippen molar-refractivity contribution < 1.29 is 0 Å². The van der Waals surface area contributed by atoms with Crippen molar-refractivity contribution in [1.82, 2.24) is 0 Å². The molecule has 2 aromatic rings. The smallest absolute Gasteiger partial charge is 0.0317 e. The molecule has 18 heavy (non-hydrogen) atoms. The Morgan fingerprint density at radius 2 is 1.89 bits per heavy atom. The summed E-state index contributed by atoms with van der Waals surface area (Å²) in [4.78, 5) is 0. The molecule has 0 spiro atoms. The van der Waals surface area contributed by atoms with Crippen LogP contribution in [0.3, 0.4) is 0 Å². The maximum Gasteiger partial charge on any atom is 0.0317 e. The maximum absolute atomic E-state index is 5.81. The largest absolute Gasteiger partial charge is 0.399 e. The summed E-state index contributed by atoms with van der Waals surface area (Å²) in [6.07, 6.45) is 0. The van der Waals surface area contributed by atoms with Crippen molar-refractivity contribution in [2.45, 2.75) is 24.9 Å². The van der Waals surface area contributed by atoms with Crippen LogP contribution in [0.4, 0.5) is 5.69 Å². The minimum absolute atomic E-state index is 0.467. The van der Waals surface area contributed by atoms with Crippen LogP contribution in [0.5, 0.6) is 0 Å². The van der Waals surface area contributed by atoms with E-state index in [0.29, 0.717) is 5.25 Å². The standard InChI is InChI=1S/C16H19NS/c1-12-5-3-6-14(9-12)11-18-13(2)15-7-4-8-16(17)10-15/h3-10,13H,11,17H2,1-2H3. The van der Waals surface area contributed by atoms with Crippen LogP contribution in [0.25, 0.3) is 0 Å². The Bertz CT molecular complexity index is 522. The van der Waals surface area contributed by atoms with Crippen LogP contribution in [-0.2, 0) is 5.75 Å². The predicted molar refractivity (Wildman–Crippen MR) is 81.7 cm³/mol. The molecule has 0 aliphatic carbocycles. The van der Waals surface area contributed by atoms with Gasteiger partial charge in [-0.25, -0.2) is 0 Å². The van der Waals surface area contributed by atoms with Gasteiger partial charge in [0.25, 0.3) is 0 Å². The van der Waals surface area contributed by atoms with Gasteiger partial charge in [0, 0.05) is 16.7 Å². The lowest BCUT2D eigenvalue weighted by molar-refractivity contribution is 1.09. The number of benzene rings is 2. The molecule has 94 valence electrons. The van der Waals surface area contributed by atoms with Crippen LogP contribution < -0.4 is 5.73 Å². The Kier molecular flexibility index (Phi) is 4.32. The highest BCUT2D eigenvalue weighted by Gasteiger charge is 2.06. The number of aryl methyl sites for hydroxylation is 1. The van der Waals surface area contributed by atoms with Crippen LogP contribution in [-0.4, -0.2) is 0 Å². The normalized spacial score (nSPS) is 12.3. The van der Waals surface area contributed by atoms with Crippen molar-refractivity contribution in [2.24, 2.45) is 0 Å². The Labute approximate surface area is 113 Å². The lowest BCUT2D eigenvalue weighted by Gasteiger charge is -2.12. The molecule has 0 heterocycles. The van der Waals surface area contributed by atoms with E-state index >= 15 is 0 Å². The molecule has 1 unspecified atom stereocenters. The molecule has 0 aliphatic heterocycles. The zero-order chi connectivity index (χ0) is 13.0. The predicted octanol–water partition coefficient (Wildman–Crippen LogP) is 4.57. The van der Waals surface area contributed by atoms with Crippen LogP contribution in [0.15, 0.2) is 48.5 Å². The lowest BCUT2D eigenvalue weighted by Crippen LogP contribution is -1.92. The lowest BCUT2D eigenvalue weighted by atomic mass is 10.1. The van der Waals surface area contributed by atoms with Gasteiger partial charge in [-0.05, 0) is 37.1 Å². The van der Waals surface area contributed by atoms with Crippen molar-refractivity contribution in [3.63, 3.8) is 0 Å². The van der Waals surface area contributed by atoms with E-state index in [1.165, 1.54) is 16.7 Å². The summed E-state index contributed by atoms with van der Waals surface area (Å²) in [7, 11) is 0. The first-order valence-corrected chi connectivity index (χ1v) is 7.22. The van der Waals surface area contributed by atoms with Gasteiger partial charge < -0.3 is 5.73 Å². The highest BCUT2D eigenvalue weighted by Crippen LogP contribution is 2.31. The molecule has 0 saturated heterocycles. The summed E-state index contributed by atoms with van der Waals surface area (Å²) >= 11 is 1.94. The quantitative estimate of drug-likeness (QED) is 0.812. The van der Waals surface area contributed by atoms with E-state index in [4.69, 9.17) is 5.73 Å². The summed E-state index contributed by atoms with van der Waals surface area (Å²) in [6, 6.07) is 16.9. The van der Waals surface area contributed by atoms with Crippen molar-refractivity contribution in [1.29, 1.82) is 0 Å². The van der Waals surface area contributed by atoms with Gasteiger partial charge in [0.15, 0.2) is 0 Å². The third kappa shape index (κ3) is 3.54. The molecule has 0 fully saturated rings. The Balaban J connectivity index is 1.98.